The minimum Gasteiger partial charge on any atom is -0.265 e. The minimum atomic E-state index is -0.184. The molecule has 128 valence electrons. The lowest BCUT2D eigenvalue weighted by molar-refractivity contribution is 0.628. The molecule has 2 aliphatic rings. The smallest absolute Gasteiger partial charge is 0.123 e. The molecule has 25 heavy (non-hydrogen) atoms. The molecule has 0 N–H and O–H groups in total. The molecular weight excluding hydrogens is 311 g/mol. The second kappa shape index (κ2) is 7.14. The molecule has 1 aliphatic carbocycles. The van der Waals surface area contributed by atoms with Crippen molar-refractivity contribution in [3.05, 3.63) is 72.1 Å². The van der Waals surface area contributed by atoms with E-state index in [1.165, 1.54) is 40.2 Å². The van der Waals surface area contributed by atoms with Gasteiger partial charge in [-0.1, -0.05) is 45.9 Å². The summed E-state index contributed by atoms with van der Waals surface area (Å²) < 4.78 is 13.0. The fourth-order valence-electron chi connectivity index (χ4n) is 2.99. The Hall–Kier alpha value is -2.55. The number of benzene rings is 1. The number of fused-ring (bicyclic) bond motifs is 1. The van der Waals surface area contributed by atoms with Crippen molar-refractivity contribution in [2.24, 2.45) is 0 Å². The van der Waals surface area contributed by atoms with Crippen LogP contribution in [0.1, 0.15) is 50.9 Å². The third kappa shape index (κ3) is 3.60. The number of pyridine rings is 2. The van der Waals surface area contributed by atoms with E-state index >= 15 is 0 Å². The van der Waals surface area contributed by atoms with Crippen molar-refractivity contribution in [1.29, 1.82) is 0 Å². The quantitative estimate of drug-likeness (QED) is 0.446. The van der Waals surface area contributed by atoms with Gasteiger partial charge in [0, 0.05) is 29.1 Å². The van der Waals surface area contributed by atoms with Crippen LogP contribution in [0.25, 0.3) is 22.3 Å². The molecule has 4 rings (SSSR count). The zero-order valence-electron chi connectivity index (χ0n) is 15.1. The second-order valence-electron chi connectivity index (χ2n) is 6.85. The molecule has 0 amide bonds. The third-order valence-corrected chi connectivity index (χ3v) is 4.23. The summed E-state index contributed by atoms with van der Waals surface area (Å²) in [5.74, 6) is 0.675. The van der Waals surface area contributed by atoms with Crippen molar-refractivity contribution < 1.29 is 4.39 Å². The number of aromatic nitrogens is 2. The van der Waals surface area contributed by atoms with E-state index < -0.39 is 0 Å². The molecule has 2 heterocycles. The molecule has 0 unspecified atom stereocenters. The van der Waals surface area contributed by atoms with Gasteiger partial charge in [-0.2, -0.15) is 0 Å². The topological polar surface area (TPSA) is 25.8 Å². The first kappa shape index (κ1) is 17.3. The summed E-state index contributed by atoms with van der Waals surface area (Å²) in [6.07, 6.45) is 3.50. The Labute approximate surface area is 148 Å². The molecule has 0 bridgehead atoms. The Bertz CT molecular complexity index is 794. The van der Waals surface area contributed by atoms with E-state index in [9.17, 15) is 4.39 Å². The average Bonchev–Trinajstić information content (AvgIpc) is 3.19. The lowest BCUT2D eigenvalue weighted by atomic mass is 10.1. The van der Waals surface area contributed by atoms with Crippen molar-refractivity contribution in [3.63, 3.8) is 0 Å². The van der Waals surface area contributed by atoms with Crippen LogP contribution in [0.3, 0.4) is 0 Å². The summed E-state index contributed by atoms with van der Waals surface area (Å²) in [6.45, 7) is 8.70. The number of rotatable bonds is 3. The predicted octanol–water partition coefficient (Wildman–Crippen LogP) is 6.20. The van der Waals surface area contributed by atoms with Gasteiger partial charge in [0.2, 0.25) is 0 Å². The maximum Gasteiger partial charge on any atom is 0.123 e. The molecule has 0 spiro atoms. The normalized spacial score (nSPS) is 11.3. The molecule has 2 nitrogen and oxygen atoms in total. The van der Waals surface area contributed by atoms with Crippen molar-refractivity contribution in [3.8, 4) is 22.3 Å². The summed E-state index contributed by atoms with van der Waals surface area (Å²) in [5.41, 5.74) is 7.40. The number of hydrogen-bond donors (Lipinski definition) is 0. The molecule has 0 saturated heterocycles. The number of hydrogen-bond acceptors (Lipinski definition) is 2. The van der Waals surface area contributed by atoms with Crippen molar-refractivity contribution in [2.45, 2.75) is 39.5 Å². The van der Waals surface area contributed by atoms with Crippen LogP contribution in [-0.4, -0.2) is 9.97 Å². The zero-order chi connectivity index (χ0) is 18.0. The Morgan fingerprint density at radius 1 is 0.720 bits per heavy atom. The first-order valence-electron chi connectivity index (χ1n) is 8.69. The summed E-state index contributed by atoms with van der Waals surface area (Å²) in [6, 6.07) is 12.5. The van der Waals surface area contributed by atoms with Crippen LogP contribution in [0, 0.1) is 5.82 Å². The molecule has 0 fully saturated rings. The van der Waals surface area contributed by atoms with Gasteiger partial charge in [0.25, 0.3) is 0 Å². The van der Waals surface area contributed by atoms with Gasteiger partial charge in [0.05, 0.1) is 11.4 Å². The van der Waals surface area contributed by atoms with E-state index in [-0.39, 0.29) is 5.82 Å². The van der Waals surface area contributed by atoms with Crippen LogP contribution in [0.4, 0.5) is 4.39 Å². The highest BCUT2D eigenvalue weighted by molar-refractivity contribution is 6.10. The third-order valence-electron chi connectivity index (χ3n) is 4.23. The highest BCUT2D eigenvalue weighted by atomic mass is 19.1. The Balaban J connectivity index is 0.000000258. The van der Waals surface area contributed by atoms with E-state index in [1.807, 2.05) is 30.3 Å². The summed E-state index contributed by atoms with van der Waals surface area (Å²) in [4.78, 5) is 8.56. The molecule has 0 saturated carbocycles. The fraction of sp³-hybridized carbons (Fsp3) is 0.273. The van der Waals surface area contributed by atoms with Gasteiger partial charge in [-0.15, -0.1) is 0 Å². The minimum absolute atomic E-state index is 0.184. The van der Waals surface area contributed by atoms with E-state index in [0.29, 0.717) is 11.8 Å². The Kier molecular flexibility index (Phi) is 4.93. The van der Waals surface area contributed by atoms with E-state index in [2.05, 4.69) is 32.7 Å². The molecule has 1 aromatic carbocycles. The van der Waals surface area contributed by atoms with Crippen molar-refractivity contribution in [2.75, 3.05) is 0 Å². The highest BCUT2D eigenvalue weighted by Crippen LogP contribution is 2.57. The standard InChI is InChI=1S/C17H18FN.C5H5N/c1-9(2)16-14-13(11-5-7-12(18)8-6-11)15(14)17(19-16)10(3)4;1-2-4-6-5-3-1/h5-10H,1-4H3;1-5H. The molecule has 0 atom stereocenters. The first-order chi connectivity index (χ1) is 12.0. The van der Waals surface area contributed by atoms with E-state index in [0.717, 1.165) is 5.56 Å². The Morgan fingerprint density at radius 2 is 1.24 bits per heavy atom. The van der Waals surface area contributed by atoms with Crippen LogP contribution in [0.5, 0.6) is 0 Å². The monoisotopic (exact) mass is 334 g/mol. The molecule has 2 aromatic rings. The molecular formula is C22H23FN2. The predicted molar refractivity (Wildman–Crippen MR) is 101 cm³/mol. The fourth-order valence-corrected chi connectivity index (χ4v) is 2.99. The Morgan fingerprint density at radius 3 is 1.60 bits per heavy atom. The van der Waals surface area contributed by atoms with Gasteiger partial charge in [0.15, 0.2) is 0 Å². The van der Waals surface area contributed by atoms with Crippen LogP contribution in [-0.2, 0) is 0 Å². The highest BCUT2D eigenvalue weighted by Gasteiger charge is 2.36. The van der Waals surface area contributed by atoms with Gasteiger partial charge < -0.3 is 0 Å². The first-order valence-corrected chi connectivity index (χ1v) is 8.69. The largest absolute Gasteiger partial charge is 0.265 e. The average molecular weight is 334 g/mol. The SMILES string of the molecule is CC(C)c1nc(C(C)C)c2c(-c3ccc(F)cc3)c1-2.c1ccncc1. The van der Waals surface area contributed by atoms with Crippen LogP contribution >= 0.6 is 0 Å². The van der Waals surface area contributed by atoms with E-state index in [1.54, 1.807) is 12.4 Å². The lowest BCUT2D eigenvalue weighted by Crippen LogP contribution is -1.92. The van der Waals surface area contributed by atoms with Gasteiger partial charge in [-0.3, -0.25) is 9.97 Å². The number of halogens is 1. The van der Waals surface area contributed by atoms with E-state index in [4.69, 9.17) is 4.98 Å². The maximum atomic E-state index is 13.0. The van der Waals surface area contributed by atoms with Crippen LogP contribution in [0.15, 0.2) is 54.9 Å². The summed E-state index contributed by atoms with van der Waals surface area (Å²) in [5, 5.41) is 0. The van der Waals surface area contributed by atoms with Crippen LogP contribution in [0.2, 0.25) is 0 Å². The van der Waals surface area contributed by atoms with Gasteiger partial charge in [-0.25, -0.2) is 4.39 Å². The van der Waals surface area contributed by atoms with Gasteiger partial charge in [-0.05, 0) is 41.7 Å². The molecule has 0 radical (unpaired) electrons. The van der Waals surface area contributed by atoms with Gasteiger partial charge >= 0.3 is 0 Å². The zero-order valence-corrected chi connectivity index (χ0v) is 15.1. The molecule has 1 aromatic heterocycles. The lowest BCUT2D eigenvalue weighted by Gasteiger charge is -2.03. The maximum absolute atomic E-state index is 13.0. The summed E-state index contributed by atoms with van der Waals surface area (Å²) in [7, 11) is 0. The number of nitrogens with zero attached hydrogens (tertiary/aromatic N) is 2. The second-order valence-corrected chi connectivity index (χ2v) is 6.85. The summed E-state index contributed by atoms with van der Waals surface area (Å²) >= 11 is 0. The molecule has 1 aliphatic heterocycles. The van der Waals surface area contributed by atoms with Crippen molar-refractivity contribution in [1.82, 2.24) is 9.97 Å². The van der Waals surface area contributed by atoms with Crippen LogP contribution < -0.4 is 0 Å². The van der Waals surface area contributed by atoms with Gasteiger partial charge in [0.1, 0.15) is 5.82 Å². The molecule has 3 heteroatoms. The van der Waals surface area contributed by atoms with Crippen molar-refractivity contribution >= 4 is 0 Å².